The second-order valence-electron chi connectivity index (χ2n) is 6.66. The normalized spacial score (nSPS) is 24.1. The van der Waals surface area contributed by atoms with Crippen molar-refractivity contribution in [3.63, 3.8) is 0 Å². The predicted octanol–water partition coefficient (Wildman–Crippen LogP) is 2.72. The van der Waals surface area contributed by atoms with Crippen LogP contribution in [0.3, 0.4) is 0 Å². The van der Waals surface area contributed by atoms with Crippen molar-refractivity contribution in [3.05, 3.63) is 33.9 Å². The molecule has 2 unspecified atom stereocenters. The van der Waals surface area contributed by atoms with Crippen molar-refractivity contribution in [2.45, 2.75) is 44.8 Å². The second-order valence-corrected chi connectivity index (χ2v) is 6.66. The van der Waals surface area contributed by atoms with Crippen LogP contribution in [0.4, 0.5) is 5.69 Å². The van der Waals surface area contributed by atoms with Gasteiger partial charge in [0.2, 0.25) is 0 Å². The lowest BCUT2D eigenvalue weighted by Crippen LogP contribution is -2.67. The Morgan fingerprint density at radius 1 is 1.50 bits per heavy atom. The fourth-order valence-corrected chi connectivity index (χ4v) is 4.10. The summed E-state index contributed by atoms with van der Waals surface area (Å²) in [5.74, 6) is -0.718. The van der Waals surface area contributed by atoms with Gasteiger partial charge in [-0.15, -0.1) is 0 Å². The SMILES string of the molecule is CCOC1CC(N(C)C(=O)c2ccc([N+](=O)[O-])c(O)c2)C12CCC2. The third kappa shape index (κ3) is 2.43. The number of phenols is 1. The average molecular weight is 334 g/mol. The molecule has 1 aromatic carbocycles. The van der Waals surface area contributed by atoms with Crippen LogP contribution in [0.15, 0.2) is 18.2 Å². The van der Waals surface area contributed by atoms with Crippen LogP contribution in [-0.4, -0.2) is 46.6 Å². The molecule has 2 fully saturated rings. The molecule has 0 aromatic heterocycles. The predicted molar refractivity (Wildman–Crippen MR) is 87.0 cm³/mol. The van der Waals surface area contributed by atoms with E-state index in [0.717, 1.165) is 25.7 Å². The molecule has 1 N–H and O–H groups in total. The number of rotatable bonds is 5. The molecule has 1 aromatic rings. The largest absolute Gasteiger partial charge is 0.502 e. The maximum absolute atomic E-state index is 12.7. The lowest BCUT2D eigenvalue weighted by molar-refractivity contribution is -0.385. The standard InChI is InChI=1S/C17H22N2O5/c1-3-24-15-10-14(17(15)7-4-8-17)18(2)16(21)11-5-6-12(19(22)23)13(20)9-11/h5-6,9,14-15,20H,3-4,7-8,10H2,1-2H3. The molecule has 24 heavy (non-hydrogen) atoms. The summed E-state index contributed by atoms with van der Waals surface area (Å²) in [7, 11) is 1.76. The molecule has 2 saturated carbocycles. The van der Waals surface area contributed by atoms with Gasteiger partial charge in [-0.05, 0) is 38.3 Å². The number of ether oxygens (including phenoxy) is 1. The van der Waals surface area contributed by atoms with Gasteiger partial charge in [-0.2, -0.15) is 0 Å². The van der Waals surface area contributed by atoms with Gasteiger partial charge in [-0.3, -0.25) is 14.9 Å². The molecule has 2 atom stereocenters. The average Bonchev–Trinajstić information content (AvgIpc) is 2.47. The first-order chi connectivity index (χ1) is 11.4. The van der Waals surface area contributed by atoms with Gasteiger partial charge in [0.25, 0.3) is 5.91 Å². The molecule has 3 rings (SSSR count). The summed E-state index contributed by atoms with van der Waals surface area (Å²) in [6, 6.07) is 3.85. The summed E-state index contributed by atoms with van der Waals surface area (Å²) in [5, 5.41) is 20.5. The summed E-state index contributed by atoms with van der Waals surface area (Å²) < 4.78 is 5.81. The maximum Gasteiger partial charge on any atom is 0.310 e. The molecular weight excluding hydrogens is 312 g/mol. The van der Waals surface area contributed by atoms with Crippen molar-refractivity contribution >= 4 is 11.6 Å². The highest BCUT2D eigenvalue weighted by molar-refractivity contribution is 5.95. The number of carbonyl (C=O) groups excluding carboxylic acids is 1. The molecule has 130 valence electrons. The van der Waals surface area contributed by atoms with Crippen LogP contribution in [0.1, 0.15) is 43.0 Å². The minimum atomic E-state index is -0.671. The van der Waals surface area contributed by atoms with Gasteiger partial charge < -0.3 is 14.7 Å². The number of nitro benzene ring substituents is 1. The van der Waals surface area contributed by atoms with Crippen molar-refractivity contribution in [2.24, 2.45) is 5.41 Å². The fourth-order valence-electron chi connectivity index (χ4n) is 4.10. The van der Waals surface area contributed by atoms with Gasteiger partial charge in [0, 0.05) is 36.7 Å². The number of benzene rings is 1. The molecular formula is C17H22N2O5. The minimum Gasteiger partial charge on any atom is -0.502 e. The molecule has 1 amide bonds. The van der Waals surface area contributed by atoms with Crippen LogP contribution >= 0.6 is 0 Å². The molecule has 0 aliphatic heterocycles. The second kappa shape index (κ2) is 6.05. The van der Waals surface area contributed by atoms with Crippen LogP contribution in [-0.2, 0) is 4.74 Å². The highest BCUT2D eigenvalue weighted by atomic mass is 16.6. The zero-order valence-electron chi connectivity index (χ0n) is 13.9. The first kappa shape index (κ1) is 16.7. The lowest BCUT2D eigenvalue weighted by Gasteiger charge is -2.63. The fraction of sp³-hybridized carbons (Fsp3) is 0.588. The highest BCUT2D eigenvalue weighted by Gasteiger charge is 2.60. The van der Waals surface area contributed by atoms with E-state index in [4.69, 9.17) is 4.74 Å². The third-order valence-corrected chi connectivity index (χ3v) is 5.60. The van der Waals surface area contributed by atoms with E-state index in [9.17, 15) is 20.0 Å². The summed E-state index contributed by atoms with van der Waals surface area (Å²) in [6.45, 7) is 2.65. The molecule has 2 aliphatic carbocycles. The number of nitro groups is 1. The summed E-state index contributed by atoms with van der Waals surface area (Å²) in [4.78, 5) is 24.5. The van der Waals surface area contributed by atoms with Gasteiger partial charge >= 0.3 is 5.69 Å². The molecule has 1 spiro atoms. The van der Waals surface area contributed by atoms with E-state index in [1.807, 2.05) is 6.92 Å². The zero-order valence-corrected chi connectivity index (χ0v) is 13.9. The molecule has 0 saturated heterocycles. The summed E-state index contributed by atoms with van der Waals surface area (Å²) in [6.07, 6.45) is 4.30. The van der Waals surface area contributed by atoms with Crippen molar-refractivity contribution in [3.8, 4) is 5.75 Å². The van der Waals surface area contributed by atoms with Gasteiger partial charge in [0.05, 0.1) is 11.0 Å². The van der Waals surface area contributed by atoms with Crippen molar-refractivity contribution in [1.29, 1.82) is 0 Å². The molecule has 7 nitrogen and oxygen atoms in total. The molecule has 0 heterocycles. The van der Waals surface area contributed by atoms with E-state index in [0.29, 0.717) is 6.61 Å². The van der Waals surface area contributed by atoms with E-state index in [1.54, 1.807) is 11.9 Å². The molecule has 7 heteroatoms. The Hall–Kier alpha value is -2.15. The van der Waals surface area contributed by atoms with Crippen molar-refractivity contribution in [1.82, 2.24) is 4.90 Å². The molecule has 0 radical (unpaired) electrons. The van der Waals surface area contributed by atoms with E-state index < -0.39 is 16.4 Å². The Morgan fingerprint density at radius 2 is 2.21 bits per heavy atom. The minimum absolute atomic E-state index is 0.0588. The van der Waals surface area contributed by atoms with E-state index in [2.05, 4.69) is 0 Å². The zero-order chi connectivity index (χ0) is 17.5. The number of amides is 1. The van der Waals surface area contributed by atoms with E-state index in [-0.39, 0.29) is 29.0 Å². The number of phenolic OH excluding ortho intramolecular Hbond substituents is 1. The summed E-state index contributed by atoms with van der Waals surface area (Å²) in [5.41, 5.74) is -0.0804. The number of carbonyl (C=O) groups is 1. The van der Waals surface area contributed by atoms with Crippen LogP contribution in [0.5, 0.6) is 5.75 Å². The lowest BCUT2D eigenvalue weighted by atomic mass is 9.50. The van der Waals surface area contributed by atoms with E-state index >= 15 is 0 Å². The quantitative estimate of drug-likeness (QED) is 0.660. The van der Waals surface area contributed by atoms with Gasteiger partial charge in [0.15, 0.2) is 5.75 Å². The Labute approximate surface area is 140 Å². The maximum atomic E-state index is 12.7. The van der Waals surface area contributed by atoms with Gasteiger partial charge in [0.1, 0.15) is 0 Å². The summed E-state index contributed by atoms with van der Waals surface area (Å²) >= 11 is 0. The van der Waals surface area contributed by atoms with Crippen molar-refractivity contribution < 1.29 is 19.6 Å². The Balaban J connectivity index is 1.76. The Kier molecular flexibility index (Phi) is 4.21. The van der Waals surface area contributed by atoms with Crippen LogP contribution in [0, 0.1) is 15.5 Å². The number of nitrogens with zero attached hydrogens (tertiary/aromatic N) is 2. The smallest absolute Gasteiger partial charge is 0.310 e. The van der Waals surface area contributed by atoms with Crippen LogP contribution < -0.4 is 0 Å². The Bertz CT molecular complexity index is 671. The topological polar surface area (TPSA) is 92.9 Å². The monoisotopic (exact) mass is 334 g/mol. The first-order valence-corrected chi connectivity index (χ1v) is 8.27. The molecule has 0 bridgehead atoms. The number of aromatic hydroxyl groups is 1. The number of hydrogen-bond donors (Lipinski definition) is 1. The van der Waals surface area contributed by atoms with Gasteiger partial charge in [-0.25, -0.2) is 0 Å². The third-order valence-electron chi connectivity index (χ3n) is 5.60. The van der Waals surface area contributed by atoms with Crippen molar-refractivity contribution in [2.75, 3.05) is 13.7 Å². The van der Waals surface area contributed by atoms with Gasteiger partial charge in [-0.1, -0.05) is 6.42 Å². The highest BCUT2D eigenvalue weighted by Crippen LogP contribution is 2.59. The Morgan fingerprint density at radius 3 is 2.71 bits per heavy atom. The number of hydrogen-bond acceptors (Lipinski definition) is 5. The molecule has 2 aliphatic rings. The van der Waals surface area contributed by atoms with E-state index in [1.165, 1.54) is 18.2 Å². The van der Waals surface area contributed by atoms with Crippen LogP contribution in [0.25, 0.3) is 0 Å². The first-order valence-electron chi connectivity index (χ1n) is 8.27. The van der Waals surface area contributed by atoms with Crippen LogP contribution in [0.2, 0.25) is 0 Å².